The lowest BCUT2D eigenvalue weighted by molar-refractivity contribution is -0.140. The Kier molecular flexibility index (Phi) is 4.18. The molecule has 0 aliphatic carbocycles. The van der Waals surface area contributed by atoms with Gasteiger partial charge in [-0.2, -0.15) is 13.2 Å². The van der Waals surface area contributed by atoms with Crippen LogP contribution in [0.2, 0.25) is 0 Å². The van der Waals surface area contributed by atoms with Gasteiger partial charge in [0, 0.05) is 5.56 Å². The minimum atomic E-state index is -4.81. The van der Waals surface area contributed by atoms with Crippen LogP contribution in [0.4, 0.5) is 17.6 Å². The van der Waals surface area contributed by atoms with Crippen LogP contribution in [0, 0.1) is 5.82 Å². The highest BCUT2D eigenvalue weighted by molar-refractivity contribution is 5.37. The van der Waals surface area contributed by atoms with Gasteiger partial charge in [-0.1, -0.05) is 24.3 Å². The van der Waals surface area contributed by atoms with E-state index in [0.717, 1.165) is 12.1 Å². The summed E-state index contributed by atoms with van der Waals surface area (Å²) in [6.07, 6.45) is -6.29. The lowest BCUT2D eigenvalue weighted by Gasteiger charge is -2.16. The Hall–Kier alpha value is -2.08. The number of hydrogen-bond acceptors (Lipinski definition) is 2. The molecule has 1 atom stereocenters. The molecule has 0 aliphatic rings. The zero-order valence-corrected chi connectivity index (χ0v) is 11.0. The second kappa shape index (κ2) is 5.73. The van der Waals surface area contributed by atoms with E-state index in [4.69, 9.17) is 4.74 Å². The van der Waals surface area contributed by atoms with Crippen LogP contribution in [0.3, 0.4) is 0 Å². The fourth-order valence-corrected chi connectivity index (χ4v) is 1.95. The fraction of sp³-hybridized carbons (Fsp3) is 0.200. The number of rotatable bonds is 3. The molecule has 0 amide bonds. The van der Waals surface area contributed by atoms with E-state index in [2.05, 4.69) is 0 Å². The number of benzene rings is 2. The van der Waals surface area contributed by atoms with Gasteiger partial charge >= 0.3 is 6.18 Å². The van der Waals surface area contributed by atoms with Crippen molar-refractivity contribution in [2.24, 2.45) is 0 Å². The topological polar surface area (TPSA) is 29.5 Å². The first kappa shape index (κ1) is 15.3. The molecule has 0 spiro atoms. The first-order valence-corrected chi connectivity index (χ1v) is 6.02. The van der Waals surface area contributed by atoms with Crippen LogP contribution in [0.25, 0.3) is 0 Å². The van der Waals surface area contributed by atoms with Gasteiger partial charge in [0.2, 0.25) is 0 Å². The van der Waals surface area contributed by atoms with Crippen molar-refractivity contribution in [3.8, 4) is 5.75 Å². The second-order valence-electron chi connectivity index (χ2n) is 4.38. The van der Waals surface area contributed by atoms with Crippen molar-refractivity contribution in [1.29, 1.82) is 0 Å². The molecule has 0 heterocycles. The third kappa shape index (κ3) is 3.16. The molecule has 0 saturated carbocycles. The average molecular weight is 300 g/mol. The molecule has 2 rings (SSSR count). The molecule has 0 aromatic heterocycles. The lowest BCUT2D eigenvalue weighted by Crippen LogP contribution is -2.12. The quantitative estimate of drug-likeness (QED) is 0.870. The molecule has 6 heteroatoms. The zero-order chi connectivity index (χ0) is 15.6. The number of aliphatic hydroxyl groups is 1. The largest absolute Gasteiger partial charge is 0.497 e. The summed E-state index contributed by atoms with van der Waals surface area (Å²) >= 11 is 0. The molecule has 0 aliphatic heterocycles. The van der Waals surface area contributed by atoms with Crippen LogP contribution < -0.4 is 4.74 Å². The number of aliphatic hydroxyl groups excluding tert-OH is 1. The Bertz CT molecular complexity index is 621. The van der Waals surface area contributed by atoms with E-state index in [1.54, 1.807) is 0 Å². The van der Waals surface area contributed by atoms with Gasteiger partial charge in [0.15, 0.2) is 0 Å². The van der Waals surface area contributed by atoms with E-state index in [0.29, 0.717) is 11.8 Å². The first-order chi connectivity index (χ1) is 9.84. The maximum atomic E-state index is 13.9. The molecule has 0 fully saturated rings. The smallest absolute Gasteiger partial charge is 0.419 e. The van der Waals surface area contributed by atoms with Crippen LogP contribution >= 0.6 is 0 Å². The molecule has 2 nitrogen and oxygen atoms in total. The summed E-state index contributed by atoms with van der Waals surface area (Å²) in [4.78, 5) is 0. The highest BCUT2D eigenvalue weighted by Crippen LogP contribution is 2.35. The predicted octanol–water partition coefficient (Wildman–Crippen LogP) is 3.93. The van der Waals surface area contributed by atoms with E-state index >= 15 is 0 Å². The Labute approximate surface area is 118 Å². The van der Waals surface area contributed by atoms with Crippen molar-refractivity contribution in [1.82, 2.24) is 0 Å². The van der Waals surface area contributed by atoms with Crippen molar-refractivity contribution in [2.45, 2.75) is 12.3 Å². The summed E-state index contributed by atoms with van der Waals surface area (Å²) in [7, 11) is 1.46. The maximum Gasteiger partial charge on any atom is 0.419 e. The van der Waals surface area contributed by atoms with E-state index < -0.39 is 29.2 Å². The number of hydrogen-bond donors (Lipinski definition) is 1. The molecule has 0 radical (unpaired) electrons. The van der Waals surface area contributed by atoms with Crippen molar-refractivity contribution < 1.29 is 27.4 Å². The highest BCUT2D eigenvalue weighted by atomic mass is 19.4. The van der Waals surface area contributed by atoms with Crippen LogP contribution in [-0.4, -0.2) is 12.2 Å². The predicted molar refractivity (Wildman–Crippen MR) is 68.5 cm³/mol. The van der Waals surface area contributed by atoms with Crippen LogP contribution in [0.15, 0.2) is 42.5 Å². The van der Waals surface area contributed by atoms with Gasteiger partial charge in [-0.15, -0.1) is 0 Å². The third-order valence-corrected chi connectivity index (χ3v) is 3.06. The molecule has 0 bridgehead atoms. The summed E-state index contributed by atoms with van der Waals surface area (Å²) in [6, 6.07) is 8.81. The molecular weight excluding hydrogens is 288 g/mol. The van der Waals surface area contributed by atoms with Gasteiger partial charge < -0.3 is 9.84 Å². The lowest BCUT2D eigenvalue weighted by atomic mass is 9.98. The number of halogens is 4. The normalized spacial score (nSPS) is 13.0. The Morgan fingerprint density at radius 3 is 2.19 bits per heavy atom. The van der Waals surface area contributed by atoms with Crippen LogP contribution in [0.1, 0.15) is 22.8 Å². The number of alkyl halides is 3. The Balaban J connectivity index is 2.41. The zero-order valence-electron chi connectivity index (χ0n) is 11.0. The van der Waals surface area contributed by atoms with Gasteiger partial charge in [0.1, 0.15) is 17.7 Å². The number of ether oxygens (including phenoxy) is 1. The molecule has 0 saturated heterocycles. The van der Waals surface area contributed by atoms with Crippen molar-refractivity contribution >= 4 is 0 Å². The summed E-state index contributed by atoms with van der Waals surface area (Å²) in [6.45, 7) is 0. The van der Waals surface area contributed by atoms with Crippen molar-refractivity contribution in [3.63, 3.8) is 0 Å². The number of methoxy groups -OCH3 is 1. The standard InChI is InChI=1S/C15H12F4O2/c1-21-10-7-5-9(6-8-10)14(20)11-3-2-4-12(13(11)16)15(17,18)19/h2-8,14,20H,1H3. The molecule has 1 unspecified atom stereocenters. The van der Waals surface area contributed by atoms with Gasteiger partial charge in [-0.05, 0) is 23.8 Å². The summed E-state index contributed by atoms with van der Waals surface area (Å²) < 4.78 is 56.8. The molecular formula is C15H12F4O2. The molecule has 2 aromatic rings. The van der Waals surface area contributed by atoms with Crippen LogP contribution in [-0.2, 0) is 6.18 Å². The Morgan fingerprint density at radius 2 is 1.67 bits per heavy atom. The third-order valence-electron chi connectivity index (χ3n) is 3.06. The van der Waals surface area contributed by atoms with Crippen molar-refractivity contribution in [2.75, 3.05) is 7.11 Å². The van der Waals surface area contributed by atoms with Gasteiger partial charge in [-0.3, -0.25) is 0 Å². The van der Waals surface area contributed by atoms with E-state index in [-0.39, 0.29) is 5.56 Å². The monoisotopic (exact) mass is 300 g/mol. The maximum absolute atomic E-state index is 13.9. The highest BCUT2D eigenvalue weighted by Gasteiger charge is 2.35. The van der Waals surface area contributed by atoms with Gasteiger partial charge in [0.05, 0.1) is 12.7 Å². The van der Waals surface area contributed by atoms with Crippen LogP contribution in [0.5, 0.6) is 5.75 Å². The minimum Gasteiger partial charge on any atom is -0.497 e. The molecule has 21 heavy (non-hydrogen) atoms. The summed E-state index contributed by atoms with van der Waals surface area (Å²) in [5.41, 5.74) is -1.54. The van der Waals surface area contributed by atoms with E-state index in [1.165, 1.54) is 31.4 Å². The molecule has 1 N–H and O–H groups in total. The molecule has 2 aromatic carbocycles. The summed E-state index contributed by atoms with van der Waals surface area (Å²) in [5, 5.41) is 10.1. The minimum absolute atomic E-state index is 0.272. The second-order valence-corrected chi connectivity index (χ2v) is 4.38. The average Bonchev–Trinajstić information content (AvgIpc) is 2.45. The fourth-order valence-electron chi connectivity index (χ4n) is 1.95. The van der Waals surface area contributed by atoms with E-state index in [1.807, 2.05) is 0 Å². The Morgan fingerprint density at radius 1 is 1.05 bits per heavy atom. The summed E-state index contributed by atoms with van der Waals surface area (Å²) in [5.74, 6) is -0.941. The first-order valence-electron chi connectivity index (χ1n) is 6.02. The SMILES string of the molecule is COc1ccc(C(O)c2cccc(C(F)(F)F)c2F)cc1. The molecule has 112 valence electrons. The van der Waals surface area contributed by atoms with Crippen molar-refractivity contribution in [3.05, 3.63) is 65.0 Å². The van der Waals surface area contributed by atoms with Gasteiger partial charge in [-0.25, -0.2) is 4.39 Å². The van der Waals surface area contributed by atoms with Gasteiger partial charge in [0.25, 0.3) is 0 Å². The van der Waals surface area contributed by atoms with E-state index in [9.17, 15) is 22.7 Å².